The van der Waals surface area contributed by atoms with Crippen molar-refractivity contribution in [2.45, 2.75) is 55.8 Å². The first-order chi connectivity index (χ1) is 7.18. The van der Waals surface area contributed by atoms with Crippen molar-refractivity contribution in [2.75, 3.05) is 19.6 Å². The molecule has 1 saturated carbocycles. The summed E-state index contributed by atoms with van der Waals surface area (Å²) >= 11 is 4.88. The molecule has 0 spiro atoms. The van der Waals surface area contributed by atoms with Crippen LogP contribution in [-0.4, -0.2) is 40.5 Å². The second-order valence-corrected chi connectivity index (χ2v) is 6.24. The number of aliphatic hydroxyl groups excluding tert-OH is 1. The maximum Gasteiger partial charge on any atom is 0.0564 e. The summed E-state index contributed by atoms with van der Waals surface area (Å²) in [7, 11) is 0. The highest BCUT2D eigenvalue weighted by atomic mass is 32.1. The molecule has 0 amide bonds. The fourth-order valence-corrected chi connectivity index (χ4v) is 3.38. The third-order valence-corrected chi connectivity index (χ3v) is 4.45. The van der Waals surface area contributed by atoms with Gasteiger partial charge in [-0.15, -0.1) is 0 Å². The fraction of sp³-hybridized carbons (Fsp3) is 1.00. The van der Waals surface area contributed by atoms with E-state index in [4.69, 9.17) is 12.6 Å². The Morgan fingerprint density at radius 2 is 1.73 bits per heavy atom. The number of nitrogens with zero attached hydrogens (tertiary/aromatic N) is 1. The van der Waals surface area contributed by atoms with E-state index in [0.29, 0.717) is 0 Å². The molecule has 88 valence electrons. The number of likely N-dealkylation sites (tertiary alicyclic amines) is 1. The zero-order valence-corrected chi connectivity index (χ0v) is 10.4. The monoisotopic (exact) mass is 229 g/mol. The van der Waals surface area contributed by atoms with Crippen LogP contribution in [0.15, 0.2) is 0 Å². The first kappa shape index (κ1) is 11.7. The average Bonchev–Trinajstić information content (AvgIpc) is 2.22. The lowest BCUT2D eigenvalue weighted by Gasteiger charge is -2.39. The molecule has 0 aromatic carbocycles. The van der Waals surface area contributed by atoms with E-state index < -0.39 is 0 Å². The Balaban J connectivity index is 1.80. The molecule has 15 heavy (non-hydrogen) atoms. The predicted molar refractivity (Wildman–Crippen MR) is 66.5 cm³/mol. The summed E-state index contributed by atoms with van der Waals surface area (Å²) in [6.07, 6.45) is 8.47. The number of thiol groups is 1. The number of aliphatic hydroxyl groups is 1. The molecular formula is C12H23NOS. The number of hydrogen-bond donors (Lipinski definition) is 2. The molecule has 0 bridgehead atoms. The Kier molecular flexibility index (Phi) is 3.97. The second kappa shape index (κ2) is 5.07. The molecule has 2 fully saturated rings. The van der Waals surface area contributed by atoms with Crippen molar-refractivity contribution in [3.63, 3.8) is 0 Å². The molecule has 1 N–H and O–H groups in total. The minimum Gasteiger partial charge on any atom is -0.393 e. The summed E-state index contributed by atoms with van der Waals surface area (Å²) in [4.78, 5) is 2.49. The SMILES string of the molecule is OC1CCN(CC2(S)CCCCC2)CC1. The summed E-state index contributed by atoms with van der Waals surface area (Å²) in [6, 6.07) is 0. The van der Waals surface area contributed by atoms with E-state index in [1.165, 1.54) is 32.1 Å². The largest absolute Gasteiger partial charge is 0.393 e. The van der Waals surface area contributed by atoms with Gasteiger partial charge in [-0.3, -0.25) is 0 Å². The van der Waals surface area contributed by atoms with Crippen LogP contribution < -0.4 is 0 Å². The van der Waals surface area contributed by atoms with Gasteiger partial charge in [0.2, 0.25) is 0 Å². The lowest BCUT2D eigenvalue weighted by atomic mass is 9.87. The van der Waals surface area contributed by atoms with Crippen LogP contribution in [0.4, 0.5) is 0 Å². The Labute approximate surface area is 98.5 Å². The van der Waals surface area contributed by atoms with Crippen LogP contribution in [0.1, 0.15) is 44.9 Å². The van der Waals surface area contributed by atoms with Crippen molar-refractivity contribution in [3.05, 3.63) is 0 Å². The van der Waals surface area contributed by atoms with Gasteiger partial charge in [0.05, 0.1) is 6.10 Å². The number of piperidine rings is 1. The van der Waals surface area contributed by atoms with Crippen LogP contribution in [-0.2, 0) is 0 Å². The minimum absolute atomic E-state index is 0.0523. The van der Waals surface area contributed by atoms with E-state index in [1.54, 1.807) is 0 Å². The molecule has 2 rings (SSSR count). The van der Waals surface area contributed by atoms with Gasteiger partial charge in [-0.05, 0) is 25.7 Å². The van der Waals surface area contributed by atoms with Gasteiger partial charge in [0, 0.05) is 24.4 Å². The van der Waals surface area contributed by atoms with Crippen LogP contribution in [0.25, 0.3) is 0 Å². The normalized spacial score (nSPS) is 29.2. The van der Waals surface area contributed by atoms with Crippen molar-refractivity contribution < 1.29 is 5.11 Å². The number of rotatable bonds is 2. The molecule has 1 aliphatic carbocycles. The Morgan fingerprint density at radius 1 is 1.13 bits per heavy atom. The highest BCUT2D eigenvalue weighted by molar-refractivity contribution is 7.81. The smallest absolute Gasteiger partial charge is 0.0564 e. The van der Waals surface area contributed by atoms with Crippen LogP contribution >= 0.6 is 12.6 Å². The van der Waals surface area contributed by atoms with Crippen LogP contribution in [0.2, 0.25) is 0 Å². The molecule has 1 saturated heterocycles. The maximum atomic E-state index is 9.45. The maximum absolute atomic E-state index is 9.45. The summed E-state index contributed by atoms with van der Waals surface area (Å²) < 4.78 is 0.264. The number of hydrogen-bond acceptors (Lipinski definition) is 3. The Hall–Kier alpha value is 0.270. The lowest BCUT2D eigenvalue weighted by molar-refractivity contribution is 0.0750. The molecular weight excluding hydrogens is 206 g/mol. The molecule has 1 aliphatic heterocycles. The van der Waals surface area contributed by atoms with E-state index in [2.05, 4.69) is 4.90 Å². The molecule has 0 aromatic heterocycles. The highest BCUT2D eigenvalue weighted by Gasteiger charge is 2.31. The van der Waals surface area contributed by atoms with Gasteiger partial charge in [0.15, 0.2) is 0 Å². The highest BCUT2D eigenvalue weighted by Crippen LogP contribution is 2.34. The van der Waals surface area contributed by atoms with Crippen LogP contribution in [0.5, 0.6) is 0 Å². The van der Waals surface area contributed by atoms with Crippen molar-refractivity contribution in [1.29, 1.82) is 0 Å². The standard InChI is InChI=1S/C12H23NOS/c14-11-4-8-13(9-5-11)10-12(15)6-2-1-3-7-12/h11,14-15H,1-10H2. The summed E-state index contributed by atoms with van der Waals surface area (Å²) in [5.41, 5.74) is 0. The van der Waals surface area contributed by atoms with E-state index in [9.17, 15) is 5.11 Å². The van der Waals surface area contributed by atoms with Crippen molar-refractivity contribution in [2.24, 2.45) is 0 Å². The molecule has 3 heteroatoms. The van der Waals surface area contributed by atoms with E-state index in [-0.39, 0.29) is 10.9 Å². The second-order valence-electron chi connectivity index (χ2n) is 5.29. The van der Waals surface area contributed by atoms with Gasteiger partial charge >= 0.3 is 0 Å². The molecule has 0 unspecified atom stereocenters. The summed E-state index contributed by atoms with van der Waals surface area (Å²) in [5, 5.41) is 9.45. The summed E-state index contributed by atoms with van der Waals surface area (Å²) in [5.74, 6) is 0. The lowest BCUT2D eigenvalue weighted by Crippen LogP contribution is -2.45. The van der Waals surface area contributed by atoms with Gasteiger partial charge < -0.3 is 10.0 Å². The van der Waals surface area contributed by atoms with Gasteiger partial charge in [0.1, 0.15) is 0 Å². The summed E-state index contributed by atoms with van der Waals surface area (Å²) in [6.45, 7) is 3.25. The van der Waals surface area contributed by atoms with Crippen molar-refractivity contribution in [3.8, 4) is 0 Å². The van der Waals surface area contributed by atoms with E-state index in [1.807, 2.05) is 0 Å². The van der Waals surface area contributed by atoms with Crippen molar-refractivity contribution >= 4 is 12.6 Å². The average molecular weight is 229 g/mol. The van der Waals surface area contributed by atoms with Gasteiger partial charge in [-0.1, -0.05) is 19.3 Å². The topological polar surface area (TPSA) is 23.5 Å². The van der Waals surface area contributed by atoms with Gasteiger partial charge in [0.25, 0.3) is 0 Å². The molecule has 0 atom stereocenters. The van der Waals surface area contributed by atoms with E-state index >= 15 is 0 Å². The fourth-order valence-electron chi connectivity index (χ4n) is 2.86. The van der Waals surface area contributed by atoms with Gasteiger partial charge in [-0.2, -0.15) is 12.6 Å². The Bertz CT molecular complexity index is 196. The molecule has 1 heterocycles. The molecule has 0 radical (unpaired) electrons. The third-order valence-electron chi connectivity index (χ3n) is 3.86. The van der Waals surface area contributed by atoms with E-state index in [0.717, 1.165) is 32.5 Å². The zero-order valence-electron chi connectivity index (χ0n) is 9.49. The van der Waals surface area contributed by atoms with Gasteiger partial charge in [-0.25, -0.2) is 0 Å². The first-order valence-electron chi connectivity index (χ1n) is 6.31. The third kappa shape index (κ3) is 3.36. The van der Waals surface area contributed by atoms with Crippen molar-refractivity contribution in [1.82, 2.24) is 4.90 Å². The predicted octanol–water partition coefficient (Wildman–Crippen LogP) is 2.08. The molecule has 2 nitrogen and oxygen atoms in total. The van der Waals surface area contributed by atoms with Crippen LogP contribution in [0, 0.1) is 0 Å². The Morgan fingerprint density at radius 3 is 2.33 bits per heavy atom. The molecule has 2 aliphatic rings. The first-order valence-corrected chi connectivity index (χ1v) is 6.75. The van der Waals surface area contributed by atoms with Crippen LogP contribution in [0.3, 0.4) is 0 Å². The minimum atomic E-state index is -0.0523. The quantitative estimate of drug-likeness (QED) is 0.708. The zero-order chi connectivity index (χ0) is 10.7. The molecule has 0 aromatic rings.